The molecule has 1 aromatic carbocycles. The molecule has 0 bridgehead atoms. The number of ketones is 1. The third-order valence-corrected chi connectivity index (χ3v) is 9.55. The summed E-state index contributed by atoms with van der Waals surface area (Å²) < 4.78 is 5.09. The van der Waals surface area contributed by atoms with Crippen LogP contribution in [0, 0.1) is 17.3 Å². The highest BCUT2D eigenvalue weighted by Gasteiger charge is 2.57. The van der Waals surface area contributed by atoms with Gasteiger partial charge in [0.05, 0.1) is 12.5 Å². The Morgan fingerprint density at radius 2 is 1.80 bits per heavy atom. The van der Waals surface area contributed by atoms with Crippen LogP contribution in [-0.4, -0.2) is 30.8 Å². The number of rotatable bonds is 6. The zero-order chi connectivity index (χ0) is 25.4. The molecule has 0 heterocycles. The van der Waals surface area contributed by atoms with E-state index in [9.17, 15) is 14.4 Å². The second-order valence-corrected chi connectivity index (χ2v) is 12.1. The summed E-state index contributed by atoms with van der Waals surface area (Å²) in [5.74, 6) is 0.377. The van der Waals surface area contributed by atoms with E-state index in [2.05, 4.69) is 44.3 Å². The van der Waals surface area contributed by atoms with Gasteiger partial charge < -0.3 is 10.1 Å². The monoisotopic (exact) mass is 481 g/mol. The van der Waals surface area contributed by atoms with E-state index in [4.69, 9.17) is 4.74 Å². The number of amides is 1. The maximum Gasteiger partial charge on any atom is 0.328 e. The summed E-state index contributed by atoms with van der Waals surface area (Å²) in [6.45, 7) is 8.54. The molecule has 0 aliphatic heterocycles. The topological polar surface area (TPSA) is 72.5 Å². The van der Waals surface area contributed by atoms with Crippen molar-refractivity contribution in [1.82, 2.24) is 5.32 Å². The van der Waals surface area contributed by atoms with E-state index in [0.717, 1.165) is 43.2 Å². The standard InChI is InChI=1S/C30H43NO4/c1-19(2)21-12-13-23-22(17-21)25(32)18-26-29(23,3)14-9-15-30(26,4)28(34)31-24(27(33)35-5)16-20-10-7-6-8-11-20/h12-13,17,19-20,24,26H,6-11,14-16,18H2,1-5H3,(H,31,34)/t24-,26+,29+,30+/m0/s1. The summed E-state index contributed by atoms with van der Waals surface area (Å²) in [5, 5.41) is 3.11. The molecule has 3 aliphatic rings. The Morgan fingerprint density at radius 3 is 2.46 bits per heavy atom. The highest BCUT2D eigenvalue weighted by Crippen LogP contribution is 2.57. The molecule has 192 valence electrons. The van der Waals surface area contributed by atoms with Gasteiger partial charge in [0, 0.05) is 12.0 Å². The first-order chi connectivity index (χ1) is 16.6. The van der Waals surface area contributed by atoms with Crippen LogP contribution in [0.3, 0.4) is 0 Å². The van der Waals surface area contributed by atoms with Crippen molar-refractivity contribution in [2.75, 3.05) is 7.11 Å². The fourth-order valence-electron chi connectivity index (χ4n) is 7.30. The van der Waals surface area contributed by atoms with Crippen LogP contribution in [0.5, 0.6) is 0 Å². The molecule has 5 heteroatoms. The summed E-state index contributed by atoms with van der Waals surface area (Å²) >= 11 is 0. The van der Waals surface area contributed by atoms with Crippen LogP contribution in [0.1, 0.15) is 119 Å². The van der Waals surface area contributed by atoms with Gasteiger partial charge in [-0.15, -0.1) is 0 Å². The number of carbonyl (C=O) groups excluding carboxylic acids is 3. The molecule has 4 rings (SSSR count). The van der Waals surface area contributed by atoms with E-state index in [0.29, 0.717) is 24.7 Å². The van der Waals surface area contributed by atoms with Crippen LogP contribution in [0.2, 0.25) is 0 Å². The Labute approximate surface area is 210 Å². The lowest BCUT2D eigenvalue weighted by Gasteiger charge is -2.54. The van der Waals surface area contributed by atoms with Crippen molar-refractivity contribution in [2.45, 2.75) is 109 Å². The number of benzene rings is 1. The number of fused-ring (bicyclic) bond motifs is 3. The quantitative estimate of drug-likeness (QED) is 0.499. The minimum absolute atomic E-state index is 0.0957. The van der Waals surface area contributed by atoms with Crippen molar-refractivity contribution in [3.8, 4) is 0 Å². The predicted octanol–water partition coefficient (Wildman–Crippen LogP) is 6.09. The van der Waals surface area contributed by atoms with E-state index in [-0.39, 0.29) is 29.0 Å². The molecule has 0 spiro atoms. The van der Waals surface area contributed by atoms with Crippen molar-refractivity contribution in [3.05, 3.63) is 34.9 Å². The van der Waals surface area contributed by atoms with Crippen molar-refractivity contribution in [2.24, 2.45) is 17.3 Å². The van der Waals surface area contributed by atoms with Gasteiger partial charge in [-0.25, -0.2) is 4.79 Å². The number of hydrogen-bond acceptors (Lipinski definition) is 4. The highest BCUT2D eigenvalue weighted by molar-refractivity contribution is 6.00. The first kappa shape index (κ1) is 25.9. The smallest absolute Gasteiger partial charge is 0.328 e. The van der Waals surface area contributed by atoms with Gasteiger partial charge in [-0.05, 0) is 59.6 Å². The van der Waals surface area contributed by atoms with Crippen LogP contribution >= 0.6 is 0 Å². The highest BCUT2D eigenvalue weighted by atomic mass is 16.5. The van der Waals surface area contributed by atoms with E-state index < -0.39 is 11.5 Å². The minimum atomic E-state index is -0.712. The van der Waals surface area contributed by atoms with Gasteiger partial charge in [0.2, 0.25) is 5.91 Å². The molecule has 3 aliphatic carbocycles. The van der Waals surface area contributed by atoms with Crippen LogP contribution in [0.15, 0.2) is 18.2 Å². The van der Waals surface area contributed by atoms with Gasteiger partial charge in [0.1, 0.15) is 6.04 Å². The summed E-state index contributed by atoms with van der Waals surface area (Å²) in [6.07, 6.45) is 9.44. The number of hydrogen-bond donors (Lipinski definition) is 1. The van der Waals surface area contributed by atoms with Gasteiger partial charge in [-0.3, -0.25) is 9.59 Å². The van der Waals surface area contributed by atoms with E-state index in [1.807, 2.05) is 6.92 Å². The molecular formula is C30H43NO4. The molecule has 2 fully saturated rings. The van der Waals surface area contributed by atoms with E-state index in [1.165, 1.54) is 31.9 Å². The average Bonchev–Trinajstić information content (AvgIpc) is 2.85. The van der Waals surface area contributed by atoms with E-state index in [1.54, 1.807) is 0 Å². The molecule has 0 aromatic heterocycles. The fraction of sp³-hybridized carbons (Fsp3) is 0.700. The Kier molecular flexibility index (Phi) is 7.45. The van der Waals surface area contributed by atoms with Gasteiger partial charge in [-0.2, -0.15) is 0 Å². The Balaban J connectivity index is 1.61. The molecule has 0 saturated heterocycles. The summed E-state index contributed by atoms with van der Waals surface area (Å²) in [6, 6.07) is 5.74. The molecule has 2 saturated carbocycles. The number of ether oxygens (including phenoxy) is 1. The number of nitrogens with one attached hydrogen (secondary N) is 1. The first-order valence-corrected chi connectivity index (χ1v) is 13.7. The Hall–Kier alpha value is -2.17. The zero-order valence-corrected chi connectivity index (χ0v) is 22.2. The first-order valence-electron chi connectivity index (χ1n) is 13.7. The third kappa shape index (κ3) is 4.80. The summed E-state index contributed by atoms with van der Waals surface area (Å²) in [4.78, 5) is 40.0. The SMILES string of the molecule is COC(=O)[C@H](CC1CCCCC1)NC(=O)[C@]1(C)CCC[C@]2(C)c3ccc(C(C)C)cc3C(=O)C[C@@H]12. The lowest BCUT2D eigenvalue weighted by atomic mass is 9.49. The Bertz CT molecular complexity index is 979. The van der Waals surface area contributed by atoms with Crippen molar-refractivity contribution >= 4 is 17.7 Å². The molecule has 0 unspecified atom stereocenters. The number of methoxy groups -OCH3 is 1. The van der Waals surface area contributed by atoms with Crippen molar-refractivity contribution in [1.29, 1.82) is 0 Å². The maximum absolute atomic E-state index is 13.9. The van der Waals surface area contributed by atoms with Crippen LogP contribution < -0.4 is 5.32 Å². The lowest BCUT2D eigenvalue weighted by molar-refractivity contribution is -0.149. The molecule has 1 N–H and O–H groups in total. The zero-order valence-electron chi connectivity index (χ0n) is 22.2. The fourth-order valence-corrected chi connectivity index (χ4v) is 7.30. The maximum atomic E-state index is 13.9. The number of carbonyl (C=O) groups is 3. The van der Waals surface area contributed by atoms with Crippen LogP contribution in [0.25, 0.3) is 0 Å². The van der Waals surface area contributed by atoms with E-state index >= 15 is 0 Å². The lowest BCUT2D eigenvalue weighted by Crippen LogP contribution is -2.58. The van der Waals surface area contributed by atoms with Crippen molar-refractivity contribution < 1.29 is 19.1 Å². The normalized spacial score (nSPS) is 29.8. The van der Waals surface area contributed by atoms with Gasteiger partial charge in [0.25, 0.3) is 0 Å². The molecule has 4 atom stereocenters. The second kappa shape index (κ2) is 10.1. The number of Topliss-reactive ketones (excluding diaryl/α,β-unsaturated/α-hetero) is 1. The molecule has 35 heavy (non-hydrogen) atoms. The minimum Gasteiger partial charge on any atom is -0.467 e. The average molecular weight is 482 g/mol. The predicted molar refractivity (Wildman–Crippen MR) is 137 cm³/mol. The second-order valence-electron chi connectivity index (χ2n) is 12.1. The summed E-state index contributed by atoms with van der Waals surface area (Å²) in [5.41, 5.74) is 2.15. The largest absolute Gasteiger partial charge is 0.467 e. The van der Waals surface area contributed by atoms with Gasteiger partial charge >= 0.3 is 5.97 Å². The van der Waals surface area contributed by atoms with Crippen LogP contribution in [0.4, 0.5) is 0 Å². The Morgan fingerprint density at radius 1 is 1.09 bits per heavy atom. The molecule has 0 radical (unpaired) electrons. The molecule has 1 amide bonds. The molecule has 5 nitrogen and oxygen atoms in total. The van der Waals surface area contributed by atoms with Crippen molar-refractivity contribution in [3.63, 3.8) is 0 Å². The van der Waals surface area contributed by atoms with Gasteiger partial charge in [0.15, 0.2) is 5.78 Å². The van der Waals surface area contributed by atoms with Gasteiger partial charge in [-0.1, -0.05) is 78.4 Å². The number of esters is 1. The summed E-state index contributed by atoms with van der Waals surface area (Å²) in [7, 11) is 1.39. The van der Waals surface area contributed by atoms with Crippen LogP contribution in [-0.2, 0) is 19.7 Å². The molecular weight excluding hydrogens is 438 g/mol. The third-order valence-electron chi connectivity index (χ3n) is 9.55. The molecule has 1 aromatic rings.